The van der Waals surface area contributed by atoms with E-state index >= 15 is 0 Å². The Kier molecular flexibility index (Phi) is 5.98. The summed E-state index contributed by atoms with van der Waals surface area (Å²) in [6.07, 6.45) is 2.64. The minimum atomic E-state index is 0.276. The molecule has 2 aliphatic rings. The van der Waals surface area contributed by atoms with Crippen molar-refractivity contribution in [3.8, 4) is 11.5 Å². The van der Waals surface area contributed by atoms with Crippen LogP contribution >= 0.6 is 0 Å². The molecule has 1 aromatic carbocycles. The lowest BCUT2D eigenvalue weighted by atomic mass is 9.96. The lowest BCUT2D eigenvalue weighted by molar-refractivity contribution is 0.175. The van der Waals surface area contributed by atoms with Crippen molar-refractivity contribution in [1.82, 2.24) is 9.80 Å². The van der Waals surface area contributed by atoms with E-state index in [4.69, 9.17) is 9.47 Å². The number of ether oxygens (including phenoxy) is 2. The fourth-order valence-electron chi connectivity index (χ4n) is 4.18. The van der Waals surface area contributed by atoms with Crippen LogP contribution in [0.1, 0.15) is 18.4 Å². The number of hydrogen-bond donors (Lipinski definition) is 1. The summed E-state index contributed by atoms with van der Waals surface area (Å²) in [7, 11) is 3.41. The van der Waals surface area contributed by atoms with E-state index in [0.29, 0.717) is 11.8 Å². The first kappa shape index (κ1) is 17.5. The number of benzene rings is 1. The zero-order chi connectivity index (χ0) is 16.9. The number of nitrogens with zero attached hydrogens (tertiary/aromatic N) is 2. The predicted molar refractivity (Wildman–Crippen MR) is 94.6 cm³/mol. The van der Waals surface area contributed by atoms with Gasteiger partial charge in [0.15, 0.2) is 0 Å². The molecule has 0 aromatic heterocycles. The SMILES string of the molecule is COc1cccc(OC)c1CN1C[C@@H](CN2CCCC2)[C@@H](CO)C1. The van der Waals surface area contributed by atoms with Crippen molar-refractivity contribution >= 4 is 0 Å². The van der Waals surface area contributed by atoms with Gasteiger partial charge in [-0.25, -0.2) is 0 Å². The van der Waals surface area contributed by atoms with E-state index in [2.05, 4.69) is 9.80 Å². The number of rotatable bonds is 7. The molecule has 134 valence electrons. The number of aliphatic hydroxyl groups excluding tert-OH is 1. The number of methoxy groups -OCH3 is 2. The van der Waals surface area contributed by atoms with Gasteiger partial charge in [0.1, 0.15) is 11.5 Å². The Morgan fingerprint density at radius 1 is 1.00 bits per heavy atom. The molecule has 0 bridgehead atoms. The van der Waals surface area contributed by atoms with Gasteiger partial charge in [0, 0.05) is 32.8 Å². The summed E-state index contributed by atoms with van der Waals surface area (Å²) in [5, 5.41) is 9.80. The van der Waals surface area contributed by atoms with Crippen LogP contribution in [-0.2, 0) is 6.54 Å². The second kappa shape index (κ2) is 8.19. The molecule has 0 saturated carbocycles. The Balaban J connectivity index is 1.67. The summed E-state index contributed by atoms with van der Waals surface area (Å²) in [5.41, 5.74) is 1.10. The van der Waals surface area contributed by atoms with Gasteiger partial charge in [-0.3, -0.25) is 4.90 Å². The van der Waals surface area contributed by atoms with Crippen molar-refractivity contribution in [2.45, 2.75) is 19.4 Å². The highest BCUT2D eigenvalue weighted by Crippen LogP contribution is 2.33. The molecular weight excluding hydrogens is 304 g/mol. The summed E-state index contributed by atoms with van der Waals surface area (Å²) in [5.74, 6) is 2.66. The fraction of sp³-hybridized carbons (Fsp3) is 0.684. The van der Waals surface area contributed by atoms with Crippen LogP contribution in [0.3, 0.4) is 0 Å². The molecule has 5 nitrogen and oxygen atoms in total. The zero-order valence-corrected chi connectivity index (χ0v) is 14.9. The Labute approximate surface area is 145 Å². The molecule has 0 amide bonds. The Morgan fingerprint density at radius 3 is 2.21 bits per heavy atom. The topological polar surface area (TPSA) is 45.2 Å². The van der Waals surface area contributed by atoms with Crippen molar-refractivity contribution in [2.75, 3.05) is 53.6 Å². The molecule has 1 aromatic rings. The standard InChI is InChI=1S/C19H30N2O3/c1-23-18-6-5-7-19(24-2)17(18)13-21-11-15(16(12-21)14-22)10-20-8-3-4-9-20/h5-7,15-16,22H,3-4,8-14H2,1-2H3/t15-,16-/m1/s1. The van der Waals surface area contributed by atoms with Gasteiger partial charge in [-0.15, -0.1) is 0 Å². The van der Waals surface area contributed by atoms with Gasteiger partial charge in [0.25, 0.3) is 0 Å². The largest absolute Gasteiger partial charge is 0.496 e. The van der Waals surface area contributed by atoms with Gasteiger partial charge < -0.3 is 19.5 Å². The number of aliphatic hydroxyl groups is 1. The Bertz CT molecular complexity index is 509. The maximum Gasteiger partial charge on any atom is 0.127 e. The first-order valence-electron chi connectivity index (χ1n) is 9.00. The average molecular weight is 334 g/mol. The summed E-state index contributed by atoms with van der Waals surface area (Å²) >= 11 is 0. The normalized spacial score (nSPS) is 25.3. The van der Waals surface area contributed by atoms with Gasteiger partial charge in [-0.1, -0.05) is 6.07 Å². The van der Waals surface area contributed by atoms with Crippen LogP contribution in [-0.4, -0.2) is 68.5 Å². The lowest BCUT2D eigenvalue weighted by Crippen LogP contribution is -2.31. The molecular formula is C19H30N2O3. The molecule has 3 rings (SSSR count). The van der Waals surface area contributed by atoms with Gasteiger partial charge in [0.05, 0.1) is 19.8 Å². The second-order valence-electron chi connectivity index (χ2n) is 7.05. The fourth-order valence-corrected chi connectivity index (χ4v) is 4.18. The van der Waals surface area contributed by atoms with Gasteiger partial charge >= 0.3 is 0 Å². The first-order valence-corrected chi connectivity index (χ1v) is 9.00. The maximum absolute atomic E-state index is 9.80. The molecule has 2 aliphatic heterocycles. The van der Waals surface area contributed by atoms with Crippen LogP contribution < -0.4 is 9.47 Å². The highest BCUT2D eigenvalue weighted by Gasteiger charge is 2.34. The highest BCUT2D eigenvalue weighted by atomic mass is 16.5. The molecule has 24 heavy (non-hydrogen) atoms. The van der Waals surface area contributed by atoms with Crippen LogP contribution in [0.25, 0.3) is 0 Å². The van der Waals surface area contributed by atoms with Crippen LogP contribution in [0.5, 0.6) is 11.5 Å². The minimum absolute atomic E-state index is 0.276. The van der Waals surface area contributed by atoms with E-state index in [0.717, 1.165) is 43.2 Å². The molecule has 5 heteroatoms. The van der Waals surface area contributed by atoms with Crippen molar-refractivity contribution in [3.05, 3.63) is 23.8 Å². The lowest BCUT2D eigenvalue weighted by Gasteiger charge is -2.23. The maximum atomic E-state index is 9.80. The van der Waals surface area contributed by atoms with Crippen molar-refractivity contribution < 1.29 is 14.6 Å². The summed E-state index contributed by atoms with van der Waals surface area (Å²) < 4.78 is 11.0. The highest BCUT2D eigenvalue weighted by molar-refractivity contribution is 5.44. The van der Waals surface area contributed by atoms with E-state index in [1.807, 2.05) is 18.2 Å². The Morgan fingerprint density at radius 2 is 1.62 bits per heavy atom. The van der Waals surface area contributed by atoms with Crippen molar-refractivity contribution in [1.29, 1.82) is 0 Å². The van der Waals surface area contributed by atoms with Gasteiger partial charge in [-0.2, -0.15) is 0 Å². The van der Waals surface area contributed by atoms with Crippen LogP contribution in [0.15, 0.2) is 18.2 Å². The van der Waals surface area contributed by atoms with Crippen LogP contribution in [0.4, 0.5) is 0 Å². The van der Waals surface area contributed by atoms with E-state index in [1.165, 1.54) is 25.9 Å². The predicted octanol–water partition coefficient (Wildman–Crippen LogP) is 1.84. The first-order chi connectivity index (χ1) is 11.7. The smallest absolute Gasteiger partial charge is 0.127 e. The second-order valence-corrected chi connectivity index (χ2v) is 7.05. The van der Waals surface area contributed by atoms with E-state index in [1.54, 1.807) is 14.2 Å². The quantitative estimate of drug-likeness (QED) is 0.824. The summed E-state index contributed by atoms with van der Waals surface area (Å²) in [6.45, 7) is 6.60. The summed E-state index contributed by atoms with van der Waals surface area (Å²) in [6, 6.07) is 5.93. The third-order valence-corrected chi connectivity index (χ3v) is 5.49. The van der Waals surface area contributed by atoms with Crippen molar-refractivity contribution in [3.63, 3.8) is 0 Å². The Hall–Kier alpha value is -1.30. The van der Waals surface area contributed by atoms with E-state index in [-0.39, 0.29) is 6.61 Å². The van der Waals surface area contributed by atoms with Crippen LogP contribution in [0.2, 0.25) is 0 Å². The third kappa shape index (κ3) is 3.85. The number of likely N-dealkylation sites (tertiary alicyclic amines) is 2. The minimum Gasteiger partial charge on any atom is -0.496 e. The molecule has 2 fully saturated rings. The molecule has 0 spiro atoms. The molecule has 2 saturated heterocycles. The van der Waals surface area contributed by atoms with Crippen LogP contribution in [0, 0.1) is 11.8 Å². The summed E-state index contributed by atoms with van der Waals surface area (Å²) in [4.78, 5) is 4.99. The average Bonchev–Trinajstić information content (AvgIpc) is 3.25. The zero-order valence-electron chi connectivity index (χ0n) is 14.9. The molecule has 0 aliphatic carbocycles. The van der Waals surface area contributed by atoms with Crippen molar-refractivity contribution in [2.24, 2.45) is 11.8 Å². The van der Waals surface area contributed by atoms with E-state index in [9.17, 15) is 5.11 Å². The molecule has 2 heterocycles. The molecule has 2 atom stereocenters. The molecule has 0 radical (unpaired) electrons. The monoisotopic (exact) mass is 334 g/mol. The van der Waals surface area contributed by atoms with Gasteiger partial charge in [-0.05, 0) is 49.9 Å². The third-order valence-electron chi connectivity index (χ3n) is 5.49. The molecule has 0 unspecified atom stereocenters. The number of hydrogen-bond acceptors (Lipinski definition) is 5. The molecule has 1 N–H and O–H groups in total. The van der Waals surface area contributed by atoms with E-state index < -0.39 is 0 Å². The van der Waals surface area contributed by atoms with Gasteiger partial charge in [0.2, 0.25) is 0 Å².